The lowest BCUT2D eigenvalue weighted by Crippen LogP contribution is -2.25. The normalized spacial score (nSPS) is 17.6. The second-order valence-corrected chi connectivity index (χ2v) is 7.86. The molecule has 2 N–H and O–H groups in total. The Hall–Kier alpha value is -3.73. The molecular formula is C26H24N2O3. The first-order valence-corrected chi connectivity index (χ1v) is 10.4. The second-order valence-electron chi connectivity index (χ2n) is 7.86. The SMILES string of the molecule is COc1cccc2c1C(c1ccc(NC(C)=O)cc1)C(c1c[nH]c3ccccc13)CO2. The van der Waals surface area contributed by atoms with Crippen LogP contribution in [0.5, 0.6) is 11.5 Å². The van der Waals surface area contributed by atoms with E-state index in [9.17, 15) is 4.79 Å². The van der Waals surface area contributed by atoms with Gasteiger partial charge in [-0.25, -0.2) is 0 Å². The van der Waals surface area contributed by atoms with Crippen LogP contribution in [0.4, 0.5) is 5.69 Å². The number of aromatic amines is 1. The van der Waals surface area contributed by atoms with Gasteiger partial charge >= 0.3 is 0 Å². The van der Waals surface area contributed by atoms with Gasteiger partial charge in [-0.1, -0.05) is 36.4 Å². The van der Waals surface area contributed by atoms with E-state index in [0.29, 0.717) is 6.61 Å². The highest BCUT2D eigenvalue weighted by atomic mass is 16.5. The third-order valence-electron chi connectivity index (χ3n) is 5.99. The number of aromatic nitrogens is 1. The van der Waals surface area contributed by atoms with Gasteiger partial charge in [-0.3, -0.25) is 4.79 Å². The van der Waals surface area contributed by atoms with Crippen molar-refractivity contribution in [2.45, 2.75) is 18.8 Å². The molecule has 0 spiro atoms. The van der Waals surface area contributed by atoms with Crippen LogP contribution in [0.3, 0.4) is 0 Å². The summed E-state index contributed by atoms with van der Waals surface area (Å²) in [7, 11) is 1.70. The maximum absolute atomic E-state index is 11.4. The highest BCUT2D eigenvalue weighted by Crippen LogP contribution is 2.50. The zero-order valence-corrected chi connectivity index (χ0v) is 17.5. The van der Waals surface area contributed by atoms with Gasteiger partial charge in [0.2, 0.25) is 5.91 Å². The van der Waals surface area contributed by atoms with Gasteiger partial charge in [-0.05, 0) is 41.5 Å². The Kier molecular flexibility index (Phi) is 4.86. The molecule has 0 radical (unpaired) electrons. The Balaban J connectivity index is 1.66. The summed E-state index contributed by atoms with van der Waals surface area (Å²) in [6.07, 6.45) is 2.10. The molecule has 5 nitrogen and oxygen atoms in total. The third-order valence-corrected chi connectivity index (χ3v) is 5.99. The van der Waals surface area contributed by atoms with Crippen LogP contribution in [0.25, 0.3) is 10.9 Å². The van der Waals surface area contributed by atoms with E-state index in [1.807, 2.05) is 36.4 Å². The first-order chi connectivity index (χ1) is 15.2. The lowest BCUT2D eigenvalue weighted by Gasteiger charge is -2.35. The van der Waals surface area contributed by atoms with Crippen molar-refractivity contribution in [2.75, 3.05) is 19.0 Å². The van der Waals surface area contributed by atoms with Crippen LogP contribution in [0.15, 0.2) is 72.9 Å². The summed E-state index contributed by atoms with van der Waals surface area (Å²) in [5.41, 5.74) is 5.33. The fraction of sp³-hybridized carbons (Fsp3) is 0.192. The molecule has 2 unspecified atom stereocenters. The van der Waals surface area contributed by atoms with E-state index in [2.05, 4.69) is 46.8 Å². The van der Waals surface area contributed by atoms with Crippen LogP contribution >= 0.6 is 0 Å². The van der Waals surface area contributed by atoms with Crippen molar-refractivity contribution >= 4 is 22.5 Å². The molecule has 2 atom stereocenters. The van der Waals surface area contributed by atoms with Crippen LogP contribution in [-0.2, 0) is 4.79 Å². The molecule has 2 heterocycles. The van der Waals surface area contributed by atoms with Gasteiger partial charge in [-0.2, -0.15) is 0 Å². The number of rotatable bonds is 4. The number of carbonyl (C=O) groups is 1. The number of H-pyrrole nitrogens is 1. The molecule has 31 heavy (non-hydrogen) atoms. The summed E-state index contributed by atoms with van der Waals surface area (Å²) in [6.45, 7) is 2.08. The van der Waals surface area contributed by atoms with E-state index >= 15 is 0 Å². The maximum Gasteiger partial charge on any atom is 0.221 e. The predicted molar refractivity (Wildman–Crippen MR) is 122 cm³/mol. The summed E-state index contributed by atoms with van der Waals surface area (Å²) in [4.78, 5) is 14.8. The summed E-state index contributed by atoms with van der Waals surface area (Å²) >= 11 is 0. The van der Waals surface area contributed by atoms with Crippen molar-refractivity contribution in [3.63, 3.8) is 0 Å². The van der Waals surface area contributed by atoms with Crippen LogP contribution in [0.1, 0.15) is 35.4 Å². The standard InChI is InChI=1S/C26H24N2O3/c1-16(29)28-18-12-10-17(11-13-18)25-21(20-14-27-22-7-4-3-6-19(20)22)15-31-24-9-5-8-23(30-2)26(24)25/h3-14,21,25,27H,15H2,1-2H3,(H,28,29). The largest absolute Gasteiger partial charge is 0.496 e. The van der Waals surface area contributed by atoms with Crippen molar-refractivity contribution in [3.8, 4) is 11.5 Å². The molecule has 0 aliphatic carbocycles. The van der Waals surface area contributed by atoms with Gasteiger partial charge in [0, 0.05) is 47.1 Å². The second kappa shape index (κ2) is 7.84. The van der Waals surface area contributed by atoms with Crippen molar-refractivity contribution in [1.82, 2.24) is 4.98 Å². The zero-order valence-electron chi connectivity index (χ0n) is 17.5. The van der Waals surface area contributed by atoms with E-state index in [-0.39, 0.29) is 17.7 Å². The molecule has 0 saturated heterocycles. The summed E-state index contributed by atoms with van der Waals surface area (Å²) < 4.78 is 12.0. The topological polar surface area (TPSA) is 63.3 Å². The minimum atomic E-state index is -0.0810. The average molecular weight is 412 g/mol. The minimum absolute atomic E-state index is 0.0467. The Bertz CT molecular complexity index is 1230. The van der Waals surface area contributed by atoms with Crippen LogP contribution in [-0.4, -0.2) is 24.6 Å². The Morgan fingerprint density at radius 2 is 1.87 bits per heavy atom. The number of benzene rings is 3. The van der Waals surface area contributed by atoms with Crippen LogP contribution in [0, 0.1) is 0 Å². The summed E-state index contributed by atoms with van der Waals surface area (Å²) in [5, 5.41) is 4.05. The number of hydrogen-bond donors (Lipinski definition) is 2. The molecule has 0 bridgehead atoms. The Morgan fingerprint density at radius 3 is 2.65 bits per heavy atom. The summed E-state index contributed by atoms with van der Waals surface area (Å²) in [6, 6.07) is 22.4. The van der Waals surface area contributed by atoms with E-state index in [1.54, 1.807) is 7.11 Å². The molecule has 156 valence electrons. The molecule has 4 aromatic rings. The molecule has 3 aromatic carbocycles. The lowest BCUT2D eigenvalue weighted by molar-refractivity contribution is -0.114. The number of ether oxygens (including phenoxy) is 2. The molecular weight excluding hydrogens is 388 g/mol. The molecule has 1 aromatic heterocycles. The quantitative estimate of drug-likeness (QED) is 0.469. The number of para-hydroxylation sites is 1. The summed E-state index contributed by atoms with van der Waals surface area (Å²) in [5.74, 6) is 1.74. The molecule has 0 fully saturated rings. The van der Waals surface area contributed by atoms with Gasteiger partial charge in [0.1, 0.15) is 11.5 Å². The number of nitrogens with one attached hydrogen (secondary N) is 2. The molecule has 0 saturated carbocycles. The first kappa shape index (κ1) is 19.2. The van der Waals surface area contributed by atoms with Gasteiger partial charge in [0.05, 0.1) is 13.7 Å². The molecule has 5 rings (SSSR count). The highest BCUT2D eigenvalue weighted by molar-refractivity contribution is 5.88. The number of amides is 1. The zero-order chi connectivity index (χ0) is 21.4. The van der Waals surface area contributed by atoms with Gasteiger partial charge < -0.3 is 19.8 Å². The van der Waals surface area contributed by atoms with Crippen LogP contribution < -0.4 is 14.8 Å². The monoisotopic (exact) mass is 412 g/mol. The molecule has 5 heteroatoms. The molecule has 1 aliphatic rings. The van der Waals surface area contributed by atoms with Crippen molar-refractivity contribution in [1.29, 1.82) is 0 Å². The number of carbonyl (C=O) groups excluding carboxylic acids is 1. The number of anilines is 1. The average Bonchev–Trinajstić information content (AvgIpc) is 3.22. The first-order valence-electron chi connectivity index (χ1n) is 10.4. The molecule has 1 aliphatic heterocycles. The fourth-order valence-corrected chi connectivity index (χ4v) is 4.66. The van der Waals surface area contributed by atoms with E-state index < -0.39 is 0 Å². The highest BCUT2D eigenvalue weighted by Gasteiger charge is 2.36. The fourth-order valence-electron chi connectivity index (χ4n) is 4.66. The van der Waals surface area contributed by atoms with Crippen molar-refractivity contribution in [3.05, 3.63) is 89.6 Å². The minimum Gasteiger partial charge on any atom is -0.496 e. The van der Waals surface area contributed by atoms with Gasteiger partial charge in [-0.15, -0.1) is 0 Å². The van der Waals surface area contributed by atoms with E-state index in [4.69, 9.17) is 9.47 Å². The smallest absolute Gasteiger partial charge is 0.221 e. The maximum atomic E-state index is 11.4. The Labute approximate surface area is 181 Å². The van der Waals surface area contributed by atoms with Gasteiger partial charge in [0.25, 0.3) is 0 Å². The Morgan fingerprint density at radius 1 is 1.06 bits per heavy atom. The van der Waals surface area contributed by atoms with Crippen molar-refractivity contribution < 1.29 is 14.3 Å². The van der Waals surface area contributed by atoms with E-state index in [1.165, 1.54) is 17.9 Å². The predicted octanol–water partition coefficient (Wildman–Crippen LogP) is 5.44. The number of methoxy groups -OCH3 is 1. The molecule has 1 amide bonds. The van der Waals surface area contributed by atoms with E-state index in [0.717, 1.165) is 33.8 Å². The lowest BCUT2D eigenvalue weighted by atomic mass is 9.75. The van der Waals surface area contributed by atoms with Crippen molar-refractivity contribution in [2.24, 2.45) is 0 Å². The third kappa shape index (κ3) is 3.42. The van der Waals surface area contributed by atoms with Gasteiger partial charge in [0.15, 0.2) is 0 Å². The number of hydrogen-bond acceptors (Lipinski definition) is 3. The number of fused-ring (bicyclic) bond motifs is 2. The van der Waals surface area contributed by atoms with Crippen LogP contribution in [0.2, 0.25) is 0 Å².